The van der Waals surface area contributed by atoms with Crippen molar-refractivity contribution in [2.45, 2.75) is 70.1 Å². The second kappa shape index (κ2) is 11.8. The number of hydrogen-bond acceptors (Lipinski definition) is 6. The first-order valence-corrected chi connectivity index (χ1v) is 15.2. The van der Waals surface area contributed by atoms with Gasteiger partial charge in [-0.2, -0.15) is 0 Å². The summed E-state index contributed by atoms with van der Waals surface area (Å²) < 4.78 is 15.3. The molecule has 1 saturated carbocycles. The third-order valence-corrected chi connectivity index (χ3v) is 8.68. The summed E-state index contributed by atoms with van der Waals surface area (Å²) in [5.74, 6) is -1.03. The van der Waals surface area contributed by atoms with Crippen molar-refractivity contribution in [3.63, 3.8) is 0 Å². The highest BCUT2D eigenvalue weighted by molar-refractivity contribution is 6.00. The lowest BCUT2D eigenvalue weighted by atomic mass is 9.95. The Morgan fingerprint density at radius 3 is 2.56 bits per heavy atom. The standard InChI is InChI=1S/C34H37N5O6/c1-34(2,33(42)43)45-24-10-12-28-25(17-24)22(18-38(28)3)16-27(30(35)40)37-32(41)20-9-11-29-26(15-20)36-31(21-13-14-44-19-21)39(29)23-7-5-4-6-8-23/h9-15,17-19,23,27H,4-8,16H2,1-3H3,(H2,35,40)(H,37,41)(H,42,43)/t27-/m0/s1. The molecule has 1 aliphatic carbocycles. The van der Waals surface area contributed by atoms with Gasteiger partial charge >= 0.3 is 5.97 Å². The number of carbonyl (C=O) groups excluding carboxylic acids is 2. The Hall–Kier alpha value is -5.06. The van der Waals surface area contributed by atoms with E-state index in [1.54, 1.807) is 36.8 Å². The number of carboxylic acid groups (broad SMARTS) is 1. The van der Waals surface area contributed by atoms with Crippen LogP contribution in [0.5, 0.6) is 5.75 Å². The number of aromatic nitrogens is 3. The van der Waals surface area contributed by atoms with Crippen molar-refractivity contribution in [3.05, 3.63) is 72.3 Å². The molecule has 5 aromatic rings. The molecule has 11 nitrogen and oxygen atoms in total. The van der Waals surface area contributed by atoms with Crippen LogP contribution in [0.25, 0.3) is 33.3 Å². The first-order chi connectivity index (χ1) is 21.5. The van der Waals surface area contributed by atoms with E-state index >= 15 is 0 Å². The van der Waals surface area contributed by atoms with Crippen LogP contribution in [0.2, 0.25) is 0 Å². The largest absolute Gasteiger partial charge is 0.478 e. The summed E-state index contributed by atoms with van der Waals surface area (Å²) in [6, 6.07) is 11.9. The lowest BCUT2D eigenvalue weighted by molar-refractivity contribution is -0.152. The first-order valence-electron chi connectivity index (χ1n) is 15.2. The van der Waals surface area contributed by atoms with Gasteiger partial charge in [-0.15, -0.1) is 0 Å². The SMILES string of the molecule is Cn1cc(C[C@H](NC(=O)c2ccc3c(c2)nc(-c2ccoc2)n3C2CCCCC2)C(N)=O)c2cc(OC(C)(C)C(=O)O)ccc21. The van der Waals surface area contributed by atoms with Crippen LogP contribution >= 0.6 is 0 Å². The summed E-state index contributed by atoms with van der Waals surface area (Å²) in [5, 5.41) is 13.1. The van der Waals surface area contributed by atoms with Crippen LogP contribution < -0.4 is 15.8 Å². The van der Waals surface area contributed by atoms with Crippen LogP contribution in [0.4, 0.5) is 0 Å². The summed E-state index contributed by atoms with van der Waals surface area (Å²) in [6.45, 7) is 2.94. The summed E-state index contributed by atoms with van der Waals surface area (Å²) in [6.07, 6.45) is 11.0. The molecular formula is C34H37N5O6. The van der Waals surface area contributed by atoms with Crippen molar-refractivity contribution >= 4 is 39.7 Å². The lowest BCUT2D eigenvalue weighted by Crippen LogP contribution is -2.45. The number of fused-ring (bicyclic) bond motifs is 2. The van der Waals surface area contributed by atoms with Gasteiger partial charge in [0, 0.05) is 42.2 Å². The normalized spacial score (nSPS) is 14.9. The number of aryl methyl sites for hydroxylation is 1. The molecule has 3 heterocycles. The van der Waals surface area contributed by atoms with E-state index in [0.29, 0.717) is 22.9 Å². The molecule has 45 heavy (non-hydrogen) atoms. The third kappa shape index (κ3) is 5.90. The molecular weight excluding hydrogens is 574 g/mol. The van der Waals surface area contributed by atoms with E-state index in [9.17, 15) is 19.5 Å². The minimum absolute atomic E-state index is 0.132. The minimum atomic E-state index is -1.43. The topological polar surface area (TPSA) is 155 Å². The molecule has 11 heteroatoms. The van der Waals surface area contributed by atoms with E-state index in [1.807, 2.05) is 36.0 Å². The second-order valence-electron chi connectivity index (χ2n) is 12.3. The lowest BCUT2D eigenvalue weighted by Gasteiger charge is -2.25. The molecule has 2 amide bonds. The molecule has 6 rings (SSSR count). The number of hydrogen-bond donors (Lipinski definition) is 3. The van der Waals surface area contributed by atoms with E-state index in [0.717, 1.165) is 59.1 Å². The average molecular weight is 612 g/mol. The predicted octanol–water partition coefficient (Wildman–Crippen LogP) is 5.36. The highest BCUT2D eigenvalue weighted by Gasteiger charge is 2.30. The van der Waals surface area contributed by atoms with Gasteiger partial charge in [-0.3, -0.25) is 9.59 Å². The number of nitrogens with two attached hydrogens (primary N) is 1. The van der Waals surface area contributed by atoms with E-state index in [-0.39, 0.29) is 6.42 Å². The minimum Gasteiger partial charge on any atom is -0.478 e. The summed E-state index contributed by atoms with van der Waals surface area (Å²) in [5.41, 5.74) is 8.84. The van der Waals surface area contributed by atoms with E-state index in [2.05, 4.69) is 9.88 Å². The number of nitrogens with zero attached hydrogens (tertiary/aromatic N) is 3. The second-order valence-corrected chi connectivity index (χ2v) is 12.3. The van der Waals surface area contributed by atoms with Gasteiger partial charge in [0.25, 0.3) is 5.91 Å². The quantitative estimate of drug-likeness (QED) is 0.192. The van der Waals surface area contributed by atoms with Gasteiger partial charge in [0.2, 0.25) is 5.91 Å². The predicted molar refractivity (Wildman–Crippen MR) is 169 cm³/mol. The molecule has 3 aromatic heterocycles. The van der Waals surface area contributed by atoms with E-state index in [4.69, 9.17) is 19.9 Å². The number of rotatable bonds is 10. The van der Waals surface area contributed by atoms with Gasteiger partial charge in [-0.25, -0.2) is 9.78 Å². The number of aliphatic carboxylic acids is 1. The molecule has 0 saturated heterocycles. The first kappa shape index (κ1) is 30.0. The van der Waals surface area contributed by atoms with Crippen molar-refractivity contribution in [2.75, 3.05) is 0 Å². The van der Waals surface area contributed by atoms with Crippen molar-refractivity contribution in [2.24, 2.45) is 12.8 Å². The van der Waals surface area contributed by atoms with Crippen LogP contribution in [0, 0.1) is 0 Å². The maximum absolute atomic E-state index is 13.5. The van der Waals surface area contributed by atoms with Crippen molar-refractivity contribution in [3.8, 4) is 17.1 Å². The zero-order valence-electron chi connectivity index (χ0n) is 25.6. The fraction of sp³-hybridized carbons (Fsp3) is 0.353. The smallest absolute Gasteiger partial charge is 0.347 e. The maximum Gasteiger partial charge on any atom is 0.347 e. The number of imidazole rings is 1. The number of nitrogens with one attached hydrogen (secondary N) is 1. The number of primary amides is 1. The van der Waals surface area contributed by atoms with Gasteiger partial charge in [0.05, 0.1) is 22.9 Å². The van der Waals surface area contributed by atoms with Crippen LogP contribution in [0.3, 0.4) is 0 Å². The summed E-state index contributed by atoms with van der Waals surface area (Å²) in [4.78, 5) is 42.6. The Morgan fingerprint density at radius 1 is 1.11 bits per heavy atom. The molecule has 0 bridgehead atoms. The summed E-state index contributed by atoms with van der Waals surface area (Å²) in [7, 11) is 1.87. The zero-order valence-corrected chi connectivity index (χ0v) is 25.6. The van der Waals surface area contributed by atoms with Crippen LogP contribution in [-0.4, -0.2) is 48.7 Å². The monoisotopic (exact) mass is 611 g/mol. The van der Waals surface area contributed by atoms with Gasteiger partial charge in [0.15, 0.2) is 5.60 Å². The van der Waals surface area contributed by atoms with Crippen LogP contribution in [0.1, 0.15) is 67.9 Å². The molecule has 4 N–H and O–H groups in total. The van der Waals surface area contributed by atoms with Crippen molar-refractivity contribution < 1.29 is 28.6 Å². The van der Waals surface area contributed by atoms with Crippen LogP contribution in [0.15, 0.2) is 65.6 Å². The van der Waals surface area contributed by atoms with Crippen molar-refractivity contribution in [1.82, 2.24) is 19.4 Å². The molecule has 1 atom stereocenters. The Bertz CT molecular complexity index is 1900. The number of carboxylic acids is 1. The summed E-state index contributed by atoms with van der Waals surface area (Å²) >= 11 is 0. The van der Waals surface area contributed by atoms with Gasteiger partial charge in [-0.05, 0) is 74.7 Å². The van der Waals surface area contributed by atoms with Crippen LogP contribution in [-0.2, 0) is 23.1 Å². The fourth-order valence-electron chi connectivity index (χ4n) is 6.25. The van der Waals surface area contributed by atoms with Gasteiger partial charge in [-0.1, -0.05) is 19.3 Å². The van der Waals surface area contributed by atoms with E-state index in [1.165, 1.54) is 20.3 Å². The molecule has 1 fully saturated rings. The van der Waals surface area contributed by atoms with Crippen molar-refractivity contribution in [1.29, 1.82) is 0 Å². The zero-order chi connectivity index (χ0) is 31.9. The number of ether oxygens (including phenoxy) is 1. The molecule has 0 aliphatic heterocycles. The average Bonchev–Trinajstić information content (AvgIpc) is 3.74. The Kier molecular flexibility index (Phi) is 7.86. The Balaban J connectivity index is 1.27. The number of amides is 2. The number of furan rings is 1. The highest BCUT2D eigenvalue weighted by Crippen LogP contribution is 2.36. The molecule has 2 aromatic carbocycles. The molecule has 234 valence electrons. The Labute approximate surface area is 260 Å². The van der Waals surface area contributed by atoms with Gasteiger partial charge < -0.3 is 34.4 Å². The number of benzene rings is 2. The van der Waals surface area contributed by atoms with Gasteiger partial charge in [0.1, 0.15) is 23.9 Å². The highest BCUT2D eigenvalue weighted by atomic mass is 16.5. The van der Waals surface area contributed by atoms with E-state index < -0.39 is 29.4 Å². The molecule has 0 unspecified atom stereocenters. The fourth-order valence-corrected chi connectivity index (χ4v) is 6.25. The maximum atomic E-state index is 13.5. The third-order valence-electron chi connectivity index (χ3n) is 8.68. The molecule has 1 aliphatic rings. The molecule has 0 spiro atoms. The number of carbonyl (C=O) groups is 3. The molecule has 0 radical (unpaired) electrons. The Morgan fingerprint density at radius 2 is 1.87 bits per heavy atom.